The molecule has 2 heterocycles. The first-order valence-electron chi connectivity index (χ1n) is 5.42. The summed E-state index contributed by atoms with van der Waals surface area (Å²) in [4.78, 5) is 0. The highest BCUT2D eigenvalue weighted by atomic mass is 16.5. The third kappa shape index (κ3) is 1.35. The van der Waals surface area contributed by atoms with Gasteiger partial charge in [-0.15, -0.1) is 0 Å². The van der Waals surface area contributed by atoms with Gasteiger partial charge in [0.15, 0.2) is 5.58 Å². The zero-order valence-electron chi connectivity index (χ0n) is 8.79. The molecule has 3 nitrogen and oxygen atoms in total. The van der Waals surface area contributed by atoms with Crippen molar-refractivity contribution in [3.63, 3.8) is 0 Å². The molecule has 1 aliphatic heterocycles. The molecule has 1 atom stereocenters. The van der Waals surface area contributed by atoms with Crippen LogP contribution in [0.5, 0.6) is 0 Å². The van der Waals surface area contributed by atoms with Crippen molar-refractivity contribution in [1.82, 2.24) is 10.5 Å². The molecule has 1 N–H and O–H groups in total. The third-order valence-electron chi connectivity index (χ3n) is 3.21. The van der Waals surface area contributed by atoms with Crippen molar-refractivity contribution in [2.24, 2.45) is 0 Å². The Hall–Kier alpha value is -1.35. The van der Waals surface area contributed by atoms with Crippen LogP contribution < -0.4 is 5.32 Å². The maximum atomic E-state index is 5.41. The second-order valence-corrected chi connectivity index (χ2v) is 4.18. The second-order valence-electron chi connectivity index (χ2n) is 4.18. The first-order valence-corrected chi connectivity index (χ1v) is 5.42. The number of hydrogen-bond acceptors (Lipinski definition) is 3. The molecule has 1 aromatic carbocycles. The topological polar surface area (TPSA) is 38.1 Å². The second kappa shape index (κ2) is 3.35. The van der Waals surface area contributed by atoms with Crippen molar-refractivity contribution in [2.45, 2.75) is 19.3 Å². The number of nitrogens with zero attached hydrogens (tertiary/aromatic N) is 1. The average Bonchev–Trinajstić information content (AvgIpc) is 2.88. The largest absolute Gasteiger partial charge is 0.356 e. The smallest absolute Gasteiger partial charge is 0.170 e. The summed E-state index contributed by atoms with van der Waals surface area (Å²) in [6.07, 6.45) is 1.19. The van der Waals surface area contributed by atoms with E-state index in [1.165, 1.54) is 12.0 Å². The summed E-state index contributed by atoms with van der Waals surface area (Å²) < 4.78 is 5.41. The van der Waals surface area contributed by atoms with Crippen LogP contribution in [0.1, 0.15) is 23.6 Å². The lowest BCUT2D eigenvalue weighted by atomic mass is 9.96. The van der Waals surface area contributed by atoms with Gasteiger partial charge in [-0.3, -0.25) is 0 Å². The number of aryl methyl sites for hydroxylation is 1. The average molecular weight is 202 g/mol. The minimum atomic E-state index is 0.584. The zero-order chi connectivity index (χ0) is 10.3. The van der Waals surface area contributed by atoms with Crippen molar-refractivity contribution in [3.05, 3.63) is 29.5 Å². The van der Waals surface area contributed by atoms with Gasteiger partial charge in [-0.1, -0.05) is 17.3 Å². The van der Waals surface area contributed by atoms with E-state index in [0.717, 1.165) is 29.8 Å². The van der Waals surface area contributed by atoms with Gasteiger partial charge in [0.05, 0.1) is 5.69 Å². The Bertz CT molecular complexity index is 483. The van der Waals surface area contributed by atoms with Crippen molar-refractivity contribution >= 4 is 11.0 Å². The molecule has 0 saturated carbocycles. The molecule has 1 aromatic heterocycles. The fraction of sp³-hybridized carbons (Fsp3) is 0.417. The van der Waals surface area contributed by atoms with E-state index < -0.39 is 0 Å². The minimum Gasteiger partial charge on any atom is -0.356 e. The number of benzene rings is 1. The first kappa shape index (κ1) is 8.92. The van der Waals surface area contributed by atoms with Crippen LogP contribution in [0.2, 0.25) is 0 Å². The van der Waals surface area contributed by atoms with Gasteiger partial charge in [-0.2, -0.15) is 0 Å². The van der Waals surface area contributed by atoms with Crippen LogP contribution in [0, 0.1) is 6.92 Å². The highest BCUT2D eigenvalue weighted by molar-refractivity contribution is 5.82. The lowest BCUT2D eigenvalue weighted by Crippen LogP contribution is -2.07. The van der Waals surface area contributed by atoms with Crippen LogP contribution in [0.15, 0.2) is 22.7 Å². The van der Waals surface area contributed by atoms with E-state index >= 15 is 0 Å². The fourth-order valence-electron chi connectivity index (χ4n) is 2.35. The molecule has 0 spiro atoms. The van der Waals surface area contributed by atoms with Crippen molar-refractivity contribution in [1.29, 1.82) is 0 Å². The lowest BCUT2D eigenvalue weighted by molar-refractivity contribution is 0.446. The number of aromatic nitrogens is 1. The van der Waals surface area contributed by atoms with Gasteiger partial charge in [-0.25, -0.2) is 0 Å². The van der Waals surface area contributed by atoms with E-state index in [4.69, 9.17) is 4.52 Å². The van der Waals surface area contributed by atoms with E-state index in [9.17, 15) is 0 Å². The van der Waals surface area contributed by atoms with E-state index in [2.05, 4.69) is 28.7 Å². The van der Waals surface area contributed by atoms with Gasteiger partial charge in [0.25, 0.3) is 0 Å². The van der Waals surface area contributed by atoms with Gasteiger partial charge < -0.3 is 9.84 Å². The lowest BCUT2D eigenvalue weighted by Gasteiger charge is -2.07. The van der Waals surface area contributed by atoms with E-state index in [-0.39, 0.29) is 0 Å². The van der Waals surface area contributed by atoms with Crippen molar-refractivity contribution < 1.29 is 4.52 Å². The standard InChI is InChI=1S/C12H14N2O/c1-8-10-3-2-4-11(12(10)15-14-8)9-5-6-13-7-9/h2-4,9,13H,5-7H2,1H3. The van der Waals surface area contributed by atoms with Crippen LogP contribution >= 0.6 is 0 Å². The Labute approximate surface area is 88.4 Å². The van der Waals surface area contributed by atoms with E-state index in [1.807, 2.05) is 6.92 Å². The highest BCUT2D eigenvalue weighted by Gasteiger charge is 2.21. The summed E-state index contributed by atoms with van der Waals surface area (Å²) >= 11 is 0. The third-order valence-corrected chi connectivity index (χ3v) is 3.21. The molecule has 0 aliphatic carbocycles. The maximum Gasteiger partial charge on any atom is 0.170 e. The number of rotatable bonds is 1. The summed E-state index contributed by atoms with van der Waals surface area (Å²) in [5.74, 6) is 0.584. The predicted octanol–water partition coefficient (Wildman–Crippen LogP) is 2.21. The van der Waals surface area contributed by atoms with E-state index in [1.54, 1.807) is 0 Å². The monoisotopic (exact) mass is 202 g/mol. The van der Waals surface area contributed by atoms with Gasteiger partial charge >= 0.3 is 0 Å². The van der Waals surface area contributed by atoms with Gasteiger partial charge in [-0.05, 0) is 26.0 Å². The Balaban J connectivity index is 2.17. The maximum absolute atomic E-state index is 5.41. The molecule has 3 rings (SSSR count). The van der Waals surface area contributed by atoms with Gasteiger partial charge in [0, 0.05) is 23.4 Å². The number of hydrogen-bond donors (Lipinski definition) is 1. The molecule has 1 aliphatic rings. The SMILES string of the molecule is Cc1noc2c(C3CCNC3)cccc12. The Morgan fingerprint density at radius 1 is 1.47 bits per heavy atom. The normalized spacial score (nSPS) is 21.3. The predicted molar refractivity (Wildman–Crippen MR) is 59.0 cm³/mol. The van der Waals surface area contributed by atoms with Crippen LogP contribution in [-0.4, -0.2) is 18.2 Å². The molecule has 0 bridgehead atoms. The molecule has 0 radical (unpaired) electrons. The number of fused-ring (bicyclic) bond motifs is 1. The minimum absolute atomic E-state index is 0.584. The molecule has 1 unspecified atom stereocenters. The van der Waals surface area contributed by atoms with Gasteiger partial charge in [0.2, 0.25) is 0 Å². The molecule has 15 heavy (non-hydrogen) atoms. The molecule has 78 valence electrons. The Kier molecular flexibility index (Phi) is 1.99. The van der Waals surface area contributed by atoms with Crippen LogP contribution in [0.4, 0.5) is 0 Å². The molecular weight excluding hydrogens is 188 g/mol. The molecule has 1 saturated heterocycles. The van der Waals surface area contributed by atoms with Crippen LogP contribution in [0.25, 0.3) is 11.0 Å². The summed E-state index contributed by atoms with van der Waals surface area (Å²) in [5, 5.41) is 8.56. The summed E-state index contributed by atoms with van der Waals surface area (Å²) in [6.45, 7) is 4.15. The van der Waals surface area contributed by atoms with E-state index in [0.29, 0.717) is 5.92 Å². The molecule has 0 amide bonds. The Morgan fingerprint density at radius 3 is 3.20 bits per heavy atom. The molecular formula is C12H14N2O. The molecule has 1 fully saturated rings. The fourth-order valence-corrected chi connectivity index (χ4v) is 2.35. The van der Waals surface area contributed by atoms with Crippen molar-refractivity contribution in [2.75, 3.05) is 13.1 Å². The number of nitrogens with one attached hydrogen (secondary N) is 1. The summed E-state index contributed by atoms with van der Waals surface area (Å²) in [7, 11) is 0. The zero-order valence-corrected chi connectivity index (χ0v) is 8.79. The quantitative estimate of drug-likeness (QED) is 0.770. The van der Waals surface area contributed by atoms with Gasteiger partial charge in [0.1, 0.15) is 0 Å². The van der Waals surface area contributed by atoms with Crippen molar-refractivity contribution in [3.8, 4) is 0 Å². The number of para-hydroxylation sites is 1. The van der Waals surface area contributed by atoms with Crippen LogP contribution in [-0.2, 0) is 0 Å². The molecule has 3 heteroatoms. The molecule has 2 aromatic rings. The Morgan fingerprint density at radius 2 is 2.40 bits per heavy atom. The summed E-state index contributed by atoms with van der Waals surface area (Å²) in [5.41, 5.74) is 3.26. The summed E-state index contributed by atoms with van der Waals surface area (Å²) in [6, 6.07) is 6.33. The first-order chi connectivity index (χ1) is 7.36. The highest BCUT2D eigenvalue weighted by Crippen LogP contribution is 2.30. The van der Waals surface area contributed by atoms with Crippen LogP contribution in [0.3, 0.4) is 0 Å².